The molecule has 2 aromatic carbocycles. The van der Waals surface area contributed by atoms with Crippen molar-refractivity contribution in [3.63, 3.8) is 0 Å². The van der Waals surface area contributed by atoms with Crippen molar-refractivity contribution in [2.75, 3.05) is 0 Å². The summed E-state index contributed by atoms with van der Waals surface area (Å²) >= 11 is 0. The van der Waals surface area contributed by atoms with Gasteiger partial charge in [-0.1, -0.05) is 48.0 Å². The lowest BCUT2D eigenvalue weighted by Crippen LogP contribution is -2.30. The number of amides is 1. The van der Waals surface area contributed by atoms with E-state index in [2.05, 4.69) is 10.5 Å². The van der Waals surface area contributed by atoms with Crippen LogP contribution in [0.1, 0.15) is 37.4 Å². The summed E-state index contributed by atoms with van der Waals surface area (Å²) in [6.07, 6.45) is 2.85. The van der Waals surface area contributed by atoms with E-state index in [0.29, 0.717) is 12.1 Å². The topological polar surface area (TPSA) is 101 Å². The number of aromatic nitrogens is 1. The predicted molar refractivity (Wildman–Crippen MR) is 109 cm³/mol. The van der Waals surface area contributed by atoms with Crippen LogP contribution in [0.3, 0.4) is 0 Å². The van der Waals surface area contributed by atoms with Crippen LogP contribution in [0.5, 0.6) is 0 Å². The van der Waals surface area contributed by atoms with Gasteiger partial charge in [0.2, 0.25) is 0 Å². The van der Waals surface area contributed by atoms with Crippen molar-refractivity contribution < 1.29 is 14.7 Å². The maximum absolute atomic E-state index is 12.6. The second kappa shape index (κ2) is 8.79. The highest BCUT2D eigenvalue weighted by Gasteiger charge is 2.12. The number of carboxylic acids is 1. The number of carbonyl (C=O) groups is 2. The Balaban J connectivity index is 1.75. The molecule has 3 rings (SSSR count). The smallest absolute Gasteiger partial charge is 0.336 e. The Kier molecular flexibility index (Phi) is 5.99. The number of carboxylic acid groups (broad SMARTS) is 1. The molecule has 2 N–H and O–H groups in total. The Morgan fingerprint density at radius 2 is 1.72 bits per heavy atom. The molecule has 0 aliphatic heterocycles. The Morgan fingerprint density at radius 1 is 1.03 bits per heavy atom. The summed E-state index contributed by atoms with van der Waals surface area (Å²) in [5.41, 5.74) is 4.25. The molecule has 1 aromatic heterocycles. The molecule has 7 heteroatoms. The van der Waals surface area contributed by atoms with Crippen LogP contribution in [0, 0.1) is 6.92 Å². The van der Waals surface area contributed by atoms with Crippen molar-refractivity contribution in [3.05, 3.63) is 105 Å². The molecule has 0 saturated carbocycles. The first-order valence-electron chi connectivity index (χ1n) is 8.86. The second-order valence-electron chi connectivity index (χ2n) is 6.43. The number of rotatable bonds is 6. The fourth-order valence-electron chi connectivity index (χ4n) is 2.75. The molecule has 146 valence electrons. The van der Waals surface area contributed by atoms with E-state index in [1.54, 1.807) is 30.5 Å². The molecule has 1 amide bonds. The third kappa shape index (κ3) is 4.84. The minimum Gasteiger partial charge on any atom is -0.478 e. The van der Waals surface area contributed by atoms with Crippen LogP contribution in [0.2, 0.25) is 0 Å². The second-order valence-corrected chi connectivity index (χ2v) is 6.43. The van der Waals surface area contributed by atoms with Crippen LogP contribution < -0.4 is 11.0 Å². The number of hydrogen-bond donors (Lipinski definition) is 2. The van der Waals surface area contributed by atoms with E-state index in [1.165, 1.54) is 22.9 Å². The van der Waals surface area contributed by atoms with Gasteiger partial charge in [0.05, 0.1) is 18.3 Å². The number of hydrazone groups is 1. The third-order valence-corrected chi connectivity index (χ3v) is 4.30. The van der Waals surface area contributed by atoms with E-state index in [-0.39, 0.29) is 11.1 Å². The van der Waals surface area contributed by atoms with E-state index in [9.17, 15) is 14.4 Å². The number of carbonyl (C=O) groups excluding carboxylic acids is 1. The average molecular weight is 389 g/mol. The highest BCUT2D eigenvalue weighted by Crippen LogP contribution is 2.06. The third-order valence-electron chi connectivity index (χ3n) is 4.30. The molecule has 0 unspecified atom stereocenters. The Labute approximate surface area is 166 Å². The lowest BCUT2D eigenvalue weighted by Gasteiger charge is -2.08. The molecule has 7 nitrogen and oxygen atoms in total. The lowest BCUT2D eigenvalue weighted by molar-refractivity contribution is 0.0696. The standard InChI is InChI=1S/C22H19N3O4/c1-15-8-10-16(11-9-15)14-25-12-4-7-19(21(25)27)20(26)24-23-13-17-5-2-3-6-18(17)22(28)29/h2-13H,14H2,1H3,(H,24,26)(H,28,29)/b23-13-. The van der Waals surface area contributed by atoms with Gasteiger partial charge < -0.3 is 9.67 Å². The molecule has 0 spiro atoms. The molecular formula is C22H19N3O4. The monoisotopic (exact) mass is 389 g/mol. The molecular weight excluding hydrogens is 370 g/mol. The average Bonchev–Trinajstić information content (AvgIpc) is 2.71. The first kappa shape index (κ1) is 19.8. The van der Waals surface area contributed by atoms with Gasteiger partial charge in [-0.25, -0.2) is 10.2 Å². The number of pyridine rings is 1. The SMILES string of the molecule is Cc1ccc(Cn2cccc(C(=O)N/N=C\c3ccccc3C(=O)O)c2=O)cc1. The molecule has 0 fully saturated rings. The van der Waals surface area contributed by atoms with Crippen molar-refractivity contribution in [2.45, 2.75) is 13.5 Å². The van der Waals surface area contributed by atoms with Gasteiger partial charge in [0.1, 0.15) is 5.56 Å². The maximum Gasteiger partial charge on any atom is 0.336 e. The van der Waals surface area contributed by atoms with Gasteiger partial charge in [0, 0.05) is 11.8 Å². The highest BCUT2D eigenvalue weighted by molar-refractivity contribution is 5.99. The van der Waals surface area contributed by atoms with E-state index >= 15 is 0 Å². The molecule has 1 heterocycles. The minimum atomic E-state index is -1.10. The predicted octanol–water partition coefficient (Wildman–Crippen LogP) is 2.67. The van der Waals surface area contributed by atoms with E-state index in [1.807, 2.05) is 31.2 Å². The van der Waals surface area contributed by atoms with Gasteiger partial charge in [-0.3, -0.25) is 9.59 Å². The summed E-state index contributed by atoms with van der Waals surface area (Å²) in [6.45, 7) is 2.33. The highest BCUT2D eigenvalue weighted by atomic mass is 16.4. The van der Waals surface area contributed by atoms with Crippen molar-refractivity contribution in [2.24, 2.45) is 5.10 Å². The van der Waals surface area contributed by atoms with E-state index in [0.717, 1.165) is 11.1 Å². The number of nitrogens with zero attached hydrogens (tertiary/aromatic N) is 2. The van der Waals surface area contributed by atoms with Crippen molar-refractivity contribution in [1.29, 1.82) is 0 Å². The number of benzene rings is 2. The van der Waals surface area contributed by atoms with Crippen LogP contribution in [0.15, 0.2) is 76.8 Å². The van der Waals surface area contributed by atoms with Gasteiger partial charge in [-0.15, -0.1) is 0 Å². The first-order chi connectivity index (χ1) is 14.0. The summed E-state index contributed by atoms with van der Waals surface area (Å²) in [7, 11) is 0. The fourth-order valence-corrected chi connectivity index (χ4v) is 2.75. The largest absolute Gasteiger partial charge is 0.478 e. The van der Waals surface area contributed by atoms with Gasteiger partial charge in [0.15, 0.2) is 0 Å². The van der Waals surface area contributed by atoms with Crippen LogP contribution in [-0.2, 0) is 6.54 Å². The Hall–Kier alpha value is -4.00. The number of nitrogens with one attached hydrogen (secondary N) is 1. The number of aryl methyl sites for hydroxylation is 1. The lowest BCUT2D eigenvalue weighted by atomic mass is 10.1. The quantitative estimate of drug-likeness (QED) is 0.500. The zero-order chi connectivity index (χ0) is 20.8. The van der Waals surface area contributed by atoms with Gasteiger partial charge in [0.25, 0.3) is 11.5 Å². The van der Waals surface area contributed by atoms with Crippen molar-refractivity contribution in [1.82, 2.24) is 9.99 Å². The molecule has 0 aliphatic rings. The van der Waals surface area contributed by atoms with E-state index in [4.69, 9.17) is 5.11 Å². The van der Waals surface area contributed by atoms with Gasteiger partial charge >= 0.3 is 5.97 Å². The minimum absolute atomic E-state index is 0.0525. The Morgan fingerprint density at radius 3 is 2.45 bits per heavy atom. The Bertz CT molecular complexity index is 1130. The number of aromatic carboxylic acids is 1. The van der Waals surface area contributed by atoms with E-state index < -0.39 is 17.4 Å². The van der Waals surface area contributed by atoms with Crippen LogP contribution in [-0.4, -0.2) is 27.8 Å². The summed E-state index contributed by atoms with van der Waals surface area (Å²) in [5.74, 6) is -1.77. The molecule has 0 bridgehead atoms. The van der Waals surface area contributed by atoms with Gasteiger partial charge in [-0.2, -0.15) is 5.10 Å². The zero-order valence-electron chi connectivity index (χ0n) is 15.7. The summed E-state index contributed by atoms with van der Waals surface area (Å²) < 4.78 is 1.45. The normalized spacial score (nSPS) is 10.8. The molecule has 0 radical (unpaired) electrons. The zero-order valence-corrected chi connectivity index (χ0v) is 15.7. The molecule has 29 heavy (non-hydrogen) atoms. The fraction of sp³-hybridized carbons (Fsp3) is 0.0909. The maximum atomic E-state index is 12.6. The molecule has 0 saturated heterocycles. The van der Waals surface area contributed by atoms with Crippen LogP contribution in [0.4, 0.5) is 0 Å². The van der Waals surface area contributed by atoms with Crippen molar-refractivity contribution in [3.8, 4) is 0 Å². The molecule has 0 aliphatic carbocycles. The summed E-state index contributed by atoms with van der Waals surface area (Å²) in [5, 5.41) is 13.0. The molecule has 0 atom stereocenters. The number of hydrogen-bond acceptors (Lipinski definition) is 4. The summed E-state index contributed by atoms with van der Waals surface area (Å²) in [4.78, 5) is 36.2. The molecule has 3 aromatic rings. The summed E-state index contributed by atoms with van der Waals surface area (Å²) in [6, 6.07) is 17.1. The first-order valence-corrected chi connectivity index (χ1v) is 8.86. The van der Waals surface area contributed by atoms with Crippen molar-refractivity contribution >= 4 is 18.1 Å². The van der Waals surface area contributed by atoms with Crippen LogP contribution >= 0.6 is 0 Å². The van der Waals surface area contributed by atoms with Crippen LogP contribution in [0.25, 0.3) is 0 Å². The van der Waals surface area contributed by atoms with Gasteiger partial charge in [-0.05, 0) is 30.7 Å².